The molecule has 32 valence electrons. The lowest BCUT2D eigenvalue weighted by molar-refractivity contribution is 1.36. The zero-order chi connectivity index (χ0) is 4.12. The molecule has 1 heteroatoms. The quantitative estimate of drug-likeness (QED) is 0.441. The van der Waals surface area contributed by atoms with Gasteiger partial charge < -0.3 is 0 Å². The summed E-state index contributed by atoms with van der Waals surface area (Å²) in [6.45, 7) is 4.60. The van der Waals surface area contributed by atoms with Gasteiger partial charge in [-0.3, -0.25) is 0 Å². The third-order valence-corrected chi connectivity index (χ3v) is 3.00. The van der Waals surface area contributed by atoms with Crippen LogP contribution in [0.15, 0.2) is 0 Å². The first-order valence-electron chi connectivity index (χ1n) is 2.83. The van der Waals surface area contributed by atoms with Crippen LogP contribution in [0, 0.1) is 0 Å². The molecule has 0 N–H and O–H groups in total. The Balaban J connectivity index is 2.19. The summed E-state index contributed by atoms with van der Waals surface area (Å²) < 4.78 is 0. The molecule has 0 radical (unpaired) electrons. The summed E-state index contributed by atoms with van der Waals surface area (Å²) in [5.41, 5.74) is 0. The van der Waals surface area contributed by atoms with Gasteiger partial charge in [-0.1, -0.05) is 0 Å². The topological polar surface area (TPSA) is 0 Å². The van der Waals surface area contributed by atoms with Crippen LogP contribution < -0.4 is 0 Å². The molecule has 0 saturated carbocycles. The predicted octanol–water partition coefficient (Wildman–Crippen LogP) is 1.03. The van der Waals surface area contributed by atoms with Gasteiger partial charge in [0, 0.05) is 0 Å². The second kappa shape index (κ2) is 4.53. The van der Waals surface area contributed by atoms with Crippen molar-refractivity contribution >= 4 is 15.2 Å². The van der Waals surface area contributed by atoms with Crippen molar-refractivity contribution in [1.29, 1.82) is 0 Å². The van der Waals surface area contributed by atoms with E-state index in [1.165, 1.54) is 10.6 Å². The molecule has 0 unspecified atom stereocenters. The van der Waals surface area contributed by atoms with Crippen LogP contribution in [0.2, 0.25) is 10.6 Å². The monoisotopic (exact) mass is 87.1 g/mol. The van der Waals surface area contributed by atoms with E-state index in [1.54, 1.807) is 0 Å². The third-order valence-electron chi connectivity index (χ3n) is 1.000. The summed E-state index contributed by atoms with van der Waals surface area (Å²) in [7, 11) is 0. The van der Waals surface area contributed by atoms with Crippen molar-refractivity contribution in [2.24, 2.45) is 0 Å². The first-order chi connectivity index (χ1) is 2.41. The van der Waals surface area contributed by atoms with E-state index in [4.69, 9.17) is 0 Å². The average molecular weight is 87.1 g/mol. The highest BCUT2D eigenvalue weighted by Gasteiger charge is 1.65. The van der Waals surface area contributed by atoms with E-state index in [2.05, 4.69) is 13.8 Å². The standard InChI is InChI=1S/2C2H5.Al.2H/c2*1-2;;;/h2*1H2,2H3;;;/q;;-1;;. The van der Waals surface area contributed by atoms with E-state index in [0.29, 0.717) is 0 Å². The van der Waals surface area contributed by atoms with Crippen molar-refractivity contribution < 1.29 is 0 Å². The SMILES string of the molecule is C[CH2][AlH2-][CH2]C. The highest BCUT2D eigenvalue weighted by molar-refractivity contribution is 6.34. The van der Waals surface area contributed by atoms with Crippen LogP contribution in [-0.2, 0) is 0 Å². The van der Waals surface area contributed by atoms with Crippen LogP contribution in [-0.4, -0.2) is 15.2 Å². The van der Waals surface area contributed by atoms with Crippen LogP contribution in [0.25, 0.3) is 0 Å². The molecule has 0 saturated heterocycles. The lowest BCUT2D eigenvalue weighted by Gasteiger charge is -1.82. The van der Waals surface area contributed by atoms with Crippen molar-refractivity contribution in [1.82, 2.24) is 0 Å². The molecule has 0 amide bonds. The third kappa shape index (κ3) is 4.53. The number of hydrogen-bond acceptors (Lipinski definition) is 0. The minimum absolute atomic E-state index is 0.0494. The van der Waals surface area contributed by atoms with Crippen LogP contribution in [0.4, 0.5) is 0 Å². The fourth-order valence-corrected chi connectivity index (χ4v) is 1.50. The highest BCUT2D eigenvalue weighted by atomic mass is 27.1. The highest BCUT2D eigenvalue weighted by Crippen LogP contribution is 1.77. The Hall–Kier alpha value is 0.532. The van der Waals surface area contributed by atoms with Gasteiger partial charge in [0.05, 0.1) is 15.2 Å². The maximum absolute atomic E-state index is 2.30. The van der Waals surface area contributed by atoms with Gasteiger partial charge in [0.1, 0.15) is 0 Å². The summed E-state index contributed by atoms with van der Waals surface area (Å²) in [5, 5.41) is 3.08. The molecule has 0 heterocycles. The Labute approximate surface area is 40.3 Å². The van der Waals surface area contributed by atoms with Crippen LogP contribution >= 0.6 is 0 Å². The first-order valence-corrected chi connectivity index (χ1v) is 5.66. The normalized spacial score (nSPS) is 8.40. The zero-order valence-corrected chi connectivity index (χ0v) is 6.41. The lowest BCUT2D eigenvalue weighted by atomic mass is 10.9. The molecular formula is C4H12Al-. The molecule has 0 aliphatic heterocycles. The molecule has 0 aliphatic rings. The number of hydrogen-bond donors (Lipinski definition) is 0. The molecule has 0 atom stereocenters. The Morgan fingerprint density at radius 3 is 1.60 bits per heavy atom. The van der Waals surface area contributed by atoms with E-state index in [1.807, 2.05) is 0 Å². The minimum Gasteiger partial charge on any atom is -0.201 e. The molecular weight excluding hydrogens is 75.0 g/mol. The van der Waals surface area contributed by atoms with Gasteiger partial charge in [-0.2, -0.15) is 0 Å². The maximum atomic E-state index is 2.30. The van der Waals surface area contributed by atoms with Gasteiger partial charge in [-0.15, -0.1) is 13.8 Å². The van der Waals surface area contributed by atoms with Crippen molar-refractivity contribution in [2.75, 3.05) is 0 Å². The summed E-state index contributed by atoms with van der Waals surface area (Å²) in [5.74, 6) is 0. The molecule has 0 aromatic rings. The van der Waals surface area contributed by atoms with E-state index >= 15 is 0 Å². The second-order valence-electron chi connectivity index (χ2n) is 1.91. The minimum atomic E-state index is 0.0494. The fraction of sp³-hybridized carbons (Fsp3) is 1.00. The molecule has 0 nitrogen and oxygen atoms in total. The van der Waals surface area contributed by atoms with Gasteiger partial charge in [0.25, 0.3) is 0 Å². The molecule has 0 spiro atoms. The molecule has 5 heavy (non-hydrogen) atoms. The summed E-state index contributed by atoms with van der Waals surface area (Å²) in [4.78, 5) is 0. The summed E-state index contributed by atoms with van der Waals surface area (Å²) in [6.07, 6.45) is 0. The number of rotatable bonds is 2. The van der Waals surface area contributed by atoms with Crippen LogP contribution in [0.1, 0.15) is 13.8 Å². The lowest BCUT2D eigenvalue weighted by Crippen LogP contribution is -1.76. The maximum Gasteiger partial charge on any atom is 0.0889 e. The summed E-state index contributed by atoms with van der Waals surface area (Å²) >= 11 is 0.0494. The average Bonchev–Trinajstić information content (AvgIpc) is 1.41. The first kappa shape index (κ1) is 5.53. The van der Waals surface area contributed by atoms with E-state index < -0.39 is 0 Å². The molecule has 0 aliphatic carbocycles. The van der Waals surface area contributed by atoms with E-state index in [0.717, 1.165) is 0 Å². The fourth-order valence-electron chi connectivity index (χ4n) is 0.500. The van der Waals surface area contributed by atoms with Crippen molar-refractivity contribution in [3.05, 3.63) is 0 Å². The van der Waals surface area contributed by atoms with Gasteiger partial charge in [0.2, 0.25) is 0 Å². The second-order valence-corrected chi connectivity index (χ2v) is 5.74. The van der Waals surface area contributed by atoms with Crippen LogP contribution in [0.3, 0.4) is 0 Å². The largest absolute Gasteiger partial charge is 0.201 e. The Morgan fingerprint density at radius 2 is 1.60 bits per heavy atom. The smallest absolute Gasteiger partial charge is 0.0889 e. The molecule has 0 aromatic heterocycles. The predicted molar refractivity (Wildman–Crippen MR) is 29.5 cm³/mol. The van der Waals surface area contributed by atoms with Crippen molar-refractivity contribution in [3.63, 3.8) is 0 Å². The van der Waals surface area contributed by atoms with Crippen molar-refractivity contribution in [2.45, 2.75) is 24.4 Å². The van der Waals surface area contributed by atoms with Crippen molar-refractivity contribution in [3.8, 4) is 0 Å². The van der Waals surface area contributed by atoms with Gasteiger partial charge >= 0.3 is 0 Å². The molecule has 0 fully saturated rings. The van der Waals surface area contributed by atoms with E-state index in [-0.39, 0.29) is 15.2 Å². The Kier molecular flexibility index (Phi) is 5.02. The van der Waals surface area contributed by atoms with E-state index in [9.17, 15) is 0 Å². The molecule has 0 bridgehead atoms. The van der Waals surface area contributed by atoms with Gasteiger partial charge in [0.15, 0.2) is 0 Å². The zero-order valence-electron chi connectivity index (χ0n) is 4.41. The van der Waals surface area contributed by atoms with Gasteiger partial charge in [-0.25, -0.2) is 10.6 Å². The summed E-state index contributed by atoms with van der Waals surface area (Å²) in [6, 6.07) is 0. The van der Waals surface area contributed by atoms with Crippen LogP contribution in [0.5, 0.6) is 0 Å². The van der Waals surface area contributed by atoms with Gasteiger partial charge in [-0.05, 0) is 0 Å². The Bertz CT molecular complexity index is 11.1. The Morgan fingerprint density at radius 1 is 1.20 bits per heavy atom. The molecule has 0 rings (SSSR count). The molecule has 0 aromatic carbocycles.